The molecule has 0 N–H and O–H groups in total. The number of aromatic nitrogens is 3. The maximum Gasteiger partial charge on any atom is 0.160 e. The number of benzene rings is 7. The molecule has 0 aliphatic carbocycles. The standard InChI is InChI=1S/C50H40N4/c1-33-19-23-37(24-20-33)45-32-46(52-50(51-45)38-25-21-34(2)22-26-38)39-29-35(3)49(36(4)30-39)54-47-18-12-11-17-43(47)44-31-42(27-28-48(44)54)53(40-13-7-5-8-14-40)41-15-9-6-10-16-41/h5-32H,1-4H3. The molecule has 54 heavy (non-hydrogen) atoms. The fourth-order valence-electron chi connectivity index (χ4n) is 7.70. The lowest BCUT2D eigenvalue weighted by atomic mass is 10.00. The van der Waals surface area contributed by atoms with E-state index in [0.29, 0.717) is 0 Å². The van der Waals surface area contributed by atoms with Gasteiger partial charge in [0.2, 0.25) is 0 Å². The van der Waals surface area contributed by atoms with Crippen molar-refractivity contribution in [2.45, 2.75) is 27.7 Å². The molecule has 9 rings (SSSR count). The number of hydrogen-bond donors (Lipinski definition) is 0. The summed E-state index contributed by atoms with van der Waals surface area (Å²) in [6.07, 6.45) is 0. The van der Waals surface area contributed by atoms with Crippen LogP contribution in [-0.4, -0.2) is 14.5 Å². The molecule has 0 saturated heterocycles. The van der Waals surface area contributed by atoms with E-state index in [4.69, 9.17) is 9.97 Å². The predicted molar refractivity (Wildman–Crippen MR) is 226 cm³/mol. The van der Waals surface area contributed by atoms with E-state index >= 15 is 0 Å². The lowest BCUT2D eigenvalue weighted by Crippen LogP contribution is -2.09. The minimum atomic E-state index is 0.723. The van der Waals surface area contributed by atoms with Gasteiger partial charge in [0.25, 0.3) is 0 Å². The monoisotopic (exact) mass is 696 g/mol. The van der Waals surface area contributed by atoms with Crippen LogP contribution in [0.15, 0.2) is 170 Å². The van der Waals surface area contributed by atoms with E-state index in [1.807, 2.05) is 0 Å². The van der Waals surface area contributed by atoms with Gasteiger partial charge in [-0.3, -0.25) is 0 Å². The number of fused-ring (bicyclic) bond motifs is 3. The number of rotatable bonds is 7. The normalized spacial score (nSPS) is 11.3. The quantitative estimate of drug-likeness (QED) is 0.166. The summed E-state index contributed by atoms with van der Waals surface area (Å²) < 4.78 is 2.44. The van der Waals surface area contributed by atoms with Gasteiger partial charge in [-0.1, -0.05) is 114 Å². The molecule has 4 nitrogen and oxygen atoms in total. The first-order chi connectivity index (χ1) is 26.4. The maximum atomic E-state index is 5.17. The summed E-state index contributed by atoms with van der Waals surface area (Å²) in [5, 5.41) is 2.43. The van der Waals surface area contributed by atoms with Gasteiger partial charge in [0.15, 0.2) is 5.82 Å². The summed E-state index contributed by atoms with van der Waals surface area (Å²) in [4.78, 5) is 12.6. The van der Waals surface area contributed by atoms with Gasteiger partial charge in [-0.15, -0.1) is 0 Å². The second-order valence-electron chi connectivity index (χ2n) is 14.2. The molecule has 0 amide bonds. The summed E-state index contributed by atoms with van der Waals surface area (Å²) in [5.41, 5.74) is 16.7. The van der Waals surface area contributed by atoms with Crippen LogP contribution in [0.25, 0.3) is 61.4 Å². The Bertz CT molecular complexity index is 2660. The van der Waals surface area contributed by atoms with Crippen molar-refractivity contribution in [3.05, 3.63) is 192 Å². The van der Waals surface area contributed by atoms with Gasteiger partial charge in [-0.05, 0) is 106 Å². The molecule has 0 saturated carbocycles. The van der Waals surface area contributed by atoms with Crippen molar-refractivity contribution < 1.29 is 0 Å². The second kappa shape index (κ2) is 13.6. The van der Waals surface area contributed by atoms with Crippen LogP contribution in [0.1, 0.15) is 22.3 Å². The first-order valence-corrected chi connectivity index (χ1v) is 18.5. The fraction of sp³-hybridized carbons (Fsp3) is 0.0800. The smallest absolute Gasteiger partial charge is 0.160 e. The third-order valence-corrected chi connectivity index (χ3v) is 10.3. The molecule has 260 valence electrons. The first-order valence-electron chi connectivity index (χ1n) is 18.5. The Hall–Kier alpha value is -6.78. The highest BCUT2D eigenvalue weighted by Gasteiger charge is 2.20. The van der Waals surface area contributed by atoms with Crippen LogP contribution >= 0.6 is 0 Å². The molecule has 0 bridgehead atoms. The zero-order valence-electron chi connectivity index (χ0n) is 31.0. The summed E-state index contributed by atoms with van der Waals surface area (Å²) in [7, 11) is 0. The number of anilines is 3. The molecule has 2 heterocycles. The Morgan fingerprint density at radius 3 is 1.54 bits per heavy atom. The van der Waals surface area contributed by atoms with Gasteiger partial charge in [0.05, 0.1) is 28.1 Å². The van der Waals surface area contributed by atoms with Gasteiger partial charge in [0, 0.05) is 44.5 Å². The van der Waals surface area contributed by atoms with Gasteiger partial charge >= 0.3 is 0 Å². The van der Waals surface area contributed by atoms with E-state index in [-0.39, 0.29) is 0 Å². The third kappa shape index (κ3) is 6.02. The minimum absolute atomic E-state index is 0.723. The highest BCUT2D eigenvalue weighted by atomic mass is 15.1. The van der Waals surface area contributed by atoms with Crippen molar-refractivity contribution in [2.75, 3.05) is 4.90 Å². The molecule has 0 spiro atoms. The summed E-state index contributed by atoms with van der Waals surface area (Å²) in [5.74, 6) is 0.723. The lowest BCUT2D eigenvalue weighted by Gasteiger charge is -2.25. The number of nitrogens with zero attached hydrogens (tertiary/aromatic N) is 4. The van der Waals surface area contributed by atoms with Crippen molar-refractivity contribution in [3.8, 4) is 39.6 Å². The molecule has 2 aromatic heterocycles. The van der Waals surface area contributed by atoms with Crippen LogP contribution in [0.5, 0.6) is 0 Å². The van der Waals surface area contributed by atoms with Crippen molar-refractivity contribution >= 4 is 38.9 Å². The molecule has 0 unspecified atom stereocenters. The van der Waals surface area contributed by atoms with E-state index in [1.165, 1.54) is 49.7 Å². The van der Waals surface area contributed by atoms with Crippen molar-refractivity contribution in [2.24, 2.45) is 0 Å². The fourth-order valence-corrected chi connectivity index (χ4v) is 7.70. The average Bonchev–Trinajstić information content (AvgIpc) is 3.52. The van der Waals surface area contributed by atoms with Crippen LogP contribution < -0.4 is 4.90 Å². The SMILES string of the molecule is Cc1ccc(-c2cc(-c3cc(C)c(-n4c5ccccc5c5cc(N(c6ccccc6)c6ccccc6)ccc54)c(C)c3)nc(-c3ccc(C)cc3)n2)cc1. The Morgan fingerprint density at radius 2 is 0.926 bits per heavy atom. The third-order valence-electron chi connectivity index (χ3n) is 10.3. The molecule has 0 radical (unpaired) electrons. The molecule has 0 fully saturated rings. The largest absolute Gasteiger partial charge is 0.310 e. The number of aryl methyl sites for hydroxylation is 4. The summed E-state index contributed by atoms with van der Waals surface area (Å²) in [6.45, 7) is 8.65. The molecule has 0 aliphatic rings. The first kappa shape index (κ1) is 33.1. The average molecular weight is 697 g/mol. The summed E-state index contributed by atoms with van der Waals surface area (Å²) in [6, 6.07) is 60.5. The Morgan fingerprint density at radius 1 is 0.407 bits per heavy atom. The van der Waals surface area contributed by atoms with E-state index in [0.717, 1.165) is 51.0 Å². The molecular formula is C50H40N4. The van der Waals surface area contributed by atoms with Crippen LogP contribution in [0.3, 0.4) is 0 Å². The predicted octanol–water partition coefficient (Wildman–Crippen LogP) is 13.3. The maximum absolute atomic E-state index is 5.17. The van der Waals surface area contributed by atoms with Crippen LogP contribution in [-0.2, 0) is 0 Å². The van der Waals surface area contributed by atoms with E-state index in [1.54, 1.807) is 0 Å². The van der Waals surface area contributed by atoms with Crippen LogP contribution in [0, 0.1) is 27.7 Å². The minimum Gasteiger partial charge on any atom is -0.310 e. The Balaban J connectivity index is 1.19. The second-order valence-corrected chi connectivity index (χ2v) is 14.2. The van der Waals surface area contributed by atoms with E-state index in [2.05, 4.69) is 207 Å². The Kier molecular flexibility index (Phi) is 8.36. The van der Waals surface area contributed by atoms with Gasteiger partial charge < -0.3 is 9.47 Å². The van der Waals surface area contributed by atoms with Crippen molar-refractivity contribution in [3.63, 3.8) is 0 Å². The van der Waals surface area contributed by atoms with Gasteiger partial charge in [-0.2, -0.15) is 0 Å². The topological polar surface area (TPSA) is 34.0 Å². The molecule has 7 aromatic carbocycles. The lowest BCUT2D eigenvalue weighted by molar-refractivity contribution is 1.12. The zero-order valence-corrected chi connectivity index (χ0v) is 31.0. The number of para-hydroxylation sites is 3. The highest BCUT2D eigenvalue weighted by molar-refractivity contribution is 6.11. The molecular weight excluding hydrogens is 657 g/mol. The highest BCUT2D eigenvalue weighted by Crippen LogP contribution is 2.41. The van der Waals surface area contributed by atoms with Crippen molar-refractivity contribution in [1.29, 1.82) is 0 Å². The van der Waals surface area contributed by atoms with Gasteiger partial charge in [0.1, 0.15) is 0 Å². The molecule has 4 heteroatoms. The molecule has 0 atom stereocenters. The van der Waals surface area contributed by atoms with Crippen molar-refractivity contribution in [1.82, 2.24) is 14.5 Å². The molecule has 9 aromatic rings. The van der Waals surface area contributed by atoms with E-state index < -0.39 is 0 Å². The molecule has 0 aliphatic heterocycles. The zero-order chi connectivity index (χ0) is 36.8. The van der Waals surface area contributed by atoms with Crippen LogP contribution in [0.4, 0.5) is 17.1 Å². The van der Waals surface area contributed by atoms with Crippen LogP contribution in [0.2, 0.25) is 0 Å². The van der Waals surface area contributed by atoms with E-state index in [9.17, 15) is 0 Å². The van der Waals surface area contributed by atoms with Gasteiger partial charge in [-0.25, -0.2) is 9.97 Å². The number of hydrogen-bond acceptors (Lipinski definition) is 3. The Labute approximate surface area is 316 Å². The summed E-state index contributed by atoms with van der Waals surface area (Å²) >= 11 is 0.